The van der Waals surface area contributed by atoms with Crippen molar-refractivity contribution >= 4 is 17.9 Å². The van der Waals surface area contributed by atoms with Gasteiger partial charge in [-0.25, -0.2) is 4.79 Å². The lowest BCUT2D eigenvalue weighted by atomic mass is 9.96. The molecule has 0 aromatic heterocycles. The number of carbonyl (C=O) groups is 3. The highest BCUT2D eigenvalue weighted by molar-refractivity contribution is 5.88. The first-order chi connectivity index (χ1) is 14.8. The number of esters is 1. The van der Waals surface area contributed by atoms with Gasteiger partial charge in [0.05, 0.1) is 19.4 Å². The number of hydrogen-bond acceptors (Lipinski definition) is 5. The Labute approximate surface area is 187 Å². The van der Waals surface area contributed by atoms with Crippen molar-refractivity contribution in [3.8, 4) is 0 Å². The van der Waals surface area contributed by atoms with Crippen LogP contribution < -0.4 is 0 Å². The minimum atomic E-state index is -2.63. The van der Waals surface area contributed by atoms with Gasteiger partial charge in [0.15, 0.2) is 5.60 Å². The van der Waals surface area contributed by atoms with E-state index in [0.717, 1.165) is 19.3 Å². The van der Waals surface area contributed by atoms with E-state index < -0.39 is 36.4 Å². The molecule has 31 heavy (non-hydrogen) atoms. The van der Waals surface area contributed by atoms with Crippen LogP contribution in [0.1, 0.15) is 122 Å². The van der Waals surface area contributed by atoms with Crippen molar-refractivity contribution in [2.75, 3.05) is 6.61 Å². The second-order valence-electron chi connectivity index (χ2n) is 8.61. The van der Waals surface area contributed by atoms with Gasteiger partial charge in [-0.15, -0.1) is 0 Å². The fraction of sp³-hybridized carbons (Fsp3) is 0.875. The average Bonchev–Trinajstić information content (AvgIpc) is 2.69. The Morgan fingerprint density at radius 3 is 1.39 bits per heavy atom. The quantitative estimate of drug-likeness (QED) is 0.149. The van der Waals surface area contributed by atoms with E-state index in [1.165, 1.54) is 77.0 Å². The SMILES string of the molecule is CCCCCCCCCCCCCCCCCCOC(=O)C[C@@](O)(CC(=O)O)C(=O)O. The van der Waals surface area contributed by atoms with E-state index >= 15 is 0 Å². The molecule has 0 saturated heterocycles. The molecule has 0 rings (SSSR count). The highest BCUT2D eigenvalue weighted by atomic mass is 16.5. The number of aliphatic hydroxyl groups is 1. The van der Waals surface area contributed by atoms with Crippen LogP contribution in [0.5, 0.6) is 0 Å². The number of hydrogen-bond donors (Lipinski definition) is 3. The van der Waals surface area contributed by atoms with Gasteiger partial charge in [-0.1, -0.05) is 103 Å². The van der Waals surface area contributed by atoms with E-state index in [4.69, 9.17) is 14.9 Å². The minimum absolute atomic E-state index is 0.153. The number of unbranched alkanes of at least 4 members (excludes halogenated alkanes) is 15. The van der Waals surface area contributed by atoms with Crippen LogP contribution in [0.15, 0.2) is 0 Å². The summed E-state index contributed by atoms with van der Waals surface area (Å²) in [5.74, 6) is -4.13. The Balaban J connectivity index is 3.49. The summed E-state index contributed by atoms with van der Waals surface area (Å²) in [7, 11) is 0. The van der Waals surface area contributed by atoms with Crippen LogP contribution in [-0.4, -0.2) is 45.4 Å². The second-order valence-corrected chi connectivity index (χ2v) is 8.61. The highest BCUT2D eigenvalue weighted by Gasteiger charge is 2.41. The predicted molar refractivity (Wildman–Crippen MR) is 120 cm³/mol. The molecule has 7 heteroatoms. The summed E-state index contributed by atoms with van der Waals surface area (Å²) in [5, 5.41) is 27.4. The molecule has 0 heterocycles. The average molecular weight is 445 g/mol. The maximum atomic E-state index is 11.7. The van der Waals surface area contributed by atoms with Crippen molar-refractivity contribution in [3.63, 3.8) is 0 Å². The summed E-state index contributed by atoms with van der Waals surface area (Å²) in [6, 6.07) is 0. The minimum Gasteiger partial charge on any atom is -0.481 e. The van der Waals surface area contributed by atoms with Gasteiger partial charge >= 0.3 is 17.9 Å². The van der Waals surface area contributed by atoms with Gasteiger partial charge in [0, 0.05) is 0 Å². The van der Waals surface area contributed by atoms with Crippen LogP contribution in [-0.2, 0) is 19.1 Å². The van der Waals surface area contributed by atoms with Gasteiger partial charge in [-0.05, 0) is 6.42 Å². The van der Waals surface area contributed by atoms with Gasteiger partial charge < -0.3 is 20.1 Å². The van der Waals surface area contributed by atoms with Crippen molar-refractivity contribution in [2.45, 2.75) is 128 Å². The van der Waals surface area contributed by atoms with E-state index in [2.05, 4.69) is 6.92 Å². The summed E-state index contributed by atoms with van der Waals surface area (Å²) in [6.07, 6.45) is 18.0. The van der Waals surface area contributed by atoms with E-state index in [0.29, 0.717) is 6.42 Å². The summed E-state index contributed by atoms with van der Waals surface area (Å²) in [6.45, 7) is 2.40. The molecule has 0 unspecified atom stereocenters. The maximum Gasteiger partial charge on any atom is 0.336 e. The van der Waals surface area contributed by atoms with Crippen LogP contribution in [0.25, 0.3) is 0 Å². The Kier molecular flexibility index (Phi) is 18.1. The Hall–Kier alpha value is -1.63. The normalized spacial score (nSPS) is 13.0. The number of carbonyl (C=O) groups excluding carboxylic acids is 1. The van der Waals surface area contributed by atoms with E-state index in [9.17, 15) is 19.5 Å². The molecule has 0 aliphatic rings. The molecule has 7 nitrogen and oxygen atoms in total. The summed E-state index contributed by atoms with van der Waals surface area (Å²) in [5.41, 5.74) is -2.63. The summed E-state index contributed by atoms with van der Waals surface area (Å²) in [4.78, 5) is 33.3. The van der Waals surface area contributed by atoms with Crippen LogP contribution in [0, 0.1) is 0 Å². The lowest BCUT2D eigenvalue weighted by molar-refractivity contribution is -0.172. The zero-order valence-electron chi connectivity index (χ0n) is 19.4. The molecular formula is C24H44O7. The third-order valence-electron chi connectivity index (χ3n) is 5.54. The summed E-state index contributed by atoms with van der Waals surface area (Å²) < 4.78 is 4.93. The molecule has 0 spiro atoms. The molecule has 0 bridgehead atoms. The summed E-state index contributed by atoms with van der Waals surface area (Å²) >= 11 is 0. The Morgan fingerprint density at radius 2 is 1.03 bits per heavy atom. The lowest BCUT2D eigenvalue weighted by Gasteiger charge is -2.20. The van der Waals surface area contributed by atoms with E-state index in [-0.39, 0.29) is 6.61 Å². The molecule has 1 atom stereocenters. The van der Waals surface area contributed by atoms with Crippen LogP contribution in [0.4, 0.5) is 0 Å². The monoisotopic (exact) mass is 444 g/mol. The molecular weight excluding hydrogens is 400 g/mol. The molecule has 0 aliphatic heterocycles. The van der Waals surface area contributed by atoms with Crippen molar-refractivity contribution in [1.82, 2.24) is 0 Å². The highest BCUT2D eigenvalue weighted by Crippen LogP contribution is 2.17. The molecule has 0 saturated carbocycles. The molecule has 0 aromatic rings. The van der Waals surface area contributed by atoms with Gasteiger partial charge in [0.25, 0.3) is 0 Å². The van der Waals surface area contributed by atoms with Gasteiger partial charge in [-0.3, -0.25) is 9.59 Å². The fourth-order valence-electron chi connectivity index (χ4n) is 3.59. The first-order valence-corrected chi connectivity index (χ1v) is 12.1. The van der Waals surface area contributed by atoms with Gasteiger partial charge in [-0.2, -0.15) is 0 Å². The van der Waals surface area contributed by atoms with Gasteiger partial charge in [0.2, 0.25) is 0 Å². The zero-order valence-corrected chi connectivity index (χ0v) is 19.4. The number of rotatable bonds is 22. The second kappa shape index (κ2) is 19.1. The number of carboxylic acids is 2. The molecule has 182 valence electrons. The standard InChI is InChI=1S/C24H44O7/c1-2-3-4-5-6-7-8-9-10-11-12-13-14-15-16-17-18-31-22(27)20-24(30,23(28)29)19-21(25)26/h30H,2-20H2,1H3,(H,25,26)(H,28,29)/t24-/m0/s1. The van der Waals surface area contributed by atoms with E-state index in [1.807, 2.05) is 0 Å². The molecule has 0 amide bonds. The molecule has 0 aromatic carbocycles. The van der Waals surface area contributed by atoms with Crippen molar-refractivity contribution in [1.29, 1.82) is 0 Å². The maximum absolute atomic E-state index is 11.7. The third kappa shape index (κ3) is 17.7. The zero-order chi connectivity index (χ0) is 23.4. The predicted octanol–water partition coefficient (Wildman–Crippen LogP) is 5.47. The van der Waals surface area contributed by atoms with E-state index in [1.54, 1.807) is 0 Å². The van der Waals surface area contributed by atoms with Crippen molar-refractivity contribution in [2.24, 2.45) is 0 Å². The number of aliphatic carboxylic acids is 2. The number of ether oxygens (including phenoxy) is 1. The topological polar surface area (TPSA) is 121 Å². The smallest absolute Gasteiger partial charge is 0.336 e. The molecule has 0 fully saturated rings. The van der Waals surface area contributed by atoms with Crippen LogP contribution in [0.3, 0.4) is 0 Å². The first kappa shape index (κ1) is 29.4. The third-order valence-corrected chi connectivity index (χ3v) is 5.54. The first-order valence-electron chi connectivity index (χ1n) is 12.1. The molecule has 0 radical (unpaired) electrons. The Morgan fingerprint density at radius 1 is 0.645 bits per heavy atom. The van der Waals surface area contributed by atoms with Crippen molar-refractivity contribution < 1.29 is 34.4 Å². The Bertz CT molecular complexity index is 492. The van der Waals surface area contributed by atoms with Crippen molar-refractivity contribution in [3.05, 3.63) is 0 Å². The molecule has 0 aliphatic carbocycles. The largest absolute Gasteiger partial charge is 0.481 e. The van der Waals surface area contributed by atoms with Gasteiger partial charge in [0.1, 0.15) is 0 Å². The fourth-order valence-corrected chi connectivity index (χ4v) is 3.59. The lowest BCUT2D eigenvalue weighted by Crippen LogP contribution is -2.43. The number of carboxylic acid groups (broad SMARTS) is 2. The molecule has 3 N–H and O–H groups in total. The van der Waals surface area contributed by atoms with Crippen LogP contribution >= 0.6 is 0 Å². The van der Waals surface area contributed by atoms with Crippen LogP contribution in [0.2, 0.25) is 0 Å².